The van der Waals surface area contributed by atoms with Crippen molar-refractivity contribution in [2.24, 2.45) is 0 Å². The number of nitrogens with zero attached hydrogens (tertiary/aromatic N) is 6. The Balaban J connectivity index is 0.940. The number of rotatable bonds is 8. The minimum Gasteiger partial charge on any atom is -0.297 e. The van der Waals surface area contributed by atoms with Crippen molar-refractivity contribution >= 4 is 35.0 Å². The van der Waals surface area contributed by atoms with E-state index in [4.69, 9.17) is 0 Å². The largest absolute Gasteiger partial charge is 0.297 e. The molecule has 3 aromatic carbocycles. The number of imide groups is 2. The number of hydrogen-bond acceptors (Lipinski definition) is 8. The van der Waals surface area contributed by atoms with Crippen LogP contribution in [-0.2, 0) is 32.3 Å². The summed E-state index contributed by atoms with van der Waals surface area (Å²) in [7, 11) is 0. The monoisotopic (exact) mass is 620 g/mol. The highest BCUT2D eigenvalue weighted by molar-refractivity contribution is 6.24. The van der Waals surface area contributed by atoms with Crippen LogP contribution in [0.1, 0.15) is 24.0 Å². The molecule has 238 valence electrons. The molecular weight excluding hydrogens is 580 g/mol. The van der Waals surface area contributed by atoms with E-state index in [0.717, 1.165) is 65.4 Å². The molecule has 2 unspecified atom stereocenters. The molecule has 0 saturated carbocycles. The van der Waals surface area contributed by atoms with Crippen LogP contribution in [-0.4, -0.2) is 108 Å². The zero-order valence-corrected chi connectivity index (χ0v) is 26.0. The normalized spacial score (nSPS) is 24.0. The van der Waals surface area contributed by atoms with Crippen LogP contribution in [0.15, 0.2) is 84.9 Å². The van der Waals surface area contributed by atoms with E-state index in [1.165, 1.54) is 20.9 Å². The van der Waals surface area contributed by atoms with Crippen LogP contribution in [0.5, 0.6) is 0 Å². The van der Waals surface area contributed by atoms with Crippen LogP contribution >= 0.6 is 0 Å². The highest BCUT2D eigenvalue weighted by atomic mass is 16.2. The molecule has 7 rings (SSSR count). The molecular formula is C36H40N6O4. The van der Waals surface area contributed by atoms with Gasteiger partial charge >= 0.3 is 0 Å². The molecule has 4 amide bonds. The van der Waals surface area contributed by atoms with E-state index in [-0.39, 0.29) is 36.5 Å². The predicted octanol–water partition coefficient (Wildman–Crippen LogP) is 2.59. The Morgan fingerprint density at radius 2 is 0.804 bits per heavy atom. The lowest BCUT2D eigenvalue weighted by atomic mass is 10.1. The molecule has 0 spiro atoms. The standard InChI is InChI=1S/C36H40N6O4/c43-33-23-31(39-19-15-37(16-20-39)25-27-7-3-1-4-8-27)35(45)41(33)29-11-13-30(14-12-29)42-34(44)24-32(36(42)46)40-21-17-38(18-22-40)26-28-9-5-2-6-10-28/h1-14,31-32H,15-26H2. The maximum atomic E-state index is 13.5. The average Bonchev–Trinajstić information content (AvgIpc) is 3.55. The first-order valence-electron chi connectivity index (χ1n) is 16.3. The van der Waals surface area contributed by atoms with Gasteiger partial charge in [-0.1, -0.05) is 60.7 Å². The summed E-state index contributed by atoms with van der Waals surface area (Å²) < 4.78 is 0. The van der Waals surface area contributed by atoms with Gasteiger partial charge in [-0.3, -0.25) is 38.8 Å². The summed E-state index contributed by atoms with van der Waals surface area (Å²) in [6.07, 6.45) is 0.311. The highest BCUT2D eigenvalue weighted by Crippen LogP contribution is 2.31. The summed E-state index contributed by atoms with van der Waals surface area (Å²) in [5, 5.41) is 0. The zero-order chi connectivity index (χ0) is 31.6. The number of amides is 4. The van der Waals surface area contributed by atoms with E-state index in [1.807, 2.05) is 36.4 Å². The van der Waals surface area contributed by atoms with Gasteiger partial charge in [0.15, 0.2) is 0 Å². The van der Waals surface area contributed by atoms with Gasteiger partial charge in [-0.05, 0) is 35.4 Å². The molecule has 46 heavy (non-hydrogen) atoms. The van der Waals surface area contributed by atoms with E-state index in [1.54, 1.807) is 24.3 Å². The van der Waals surface area contributed by atoms with Crippen LogP contribution in [0.3, 0.4) is 0 Å². The molecule has 2 atom stereocenters. The summed E-state index contributed by atoms with van der Waals surface area (Å²) in [4.78, 5) is 64.7. The Labute approximate surface area is 269 Å². The van der Waals surface area contributed by atoms with Gasteiger partial charge in [-0.25, -0.2) is 9.80 Å². The van der Waals surface area contributed by atoms with E-state index >= 15 is 0 Å². The number of carbonyl (C=O) groups excluding carboxylic acids is 4. The molecule has 4 saturated heterocycles. The maximum Gasteiger partial charge on any atom is 0.251 e. The minimum absolute atomic E-state index is 0.155. The molecule has 4 aliphatic rings. The second kappa shape index (κ2) is 13.3. The fraction of sp³-hybridized carbons (Fsp3) is 0.389. The first-order chi connectivity index (χ1) is 22.4. The van der Waals surface area contributed by atoms with Gasteiger partial charge in [-0.2, -0.15) is 0 Å². The van der Waals surface area contributed by atoms with Crippen molar-refractivity contribution < 1.29 is 19.2 Å². The molecule has 10 heteroatoms. The molecule has 10 nitrogen and oxygen atoms in total. The Bertz CT molecular complexity index is 1450. The average molecular weight is 621 g/mol. The second-order valence-corrected chi connectivity index (χ2v) is 12.7. The van der Waals surface area contributed by atoms with Gasteiger partial charge in [-0.15, -0.1) is 0 Å². The summed E-state index contributed by atoms with van der Waals surface area (Å²) in [6.45, 7) is 8.01. The van der Waals surface area contributed by atoms with Crippen molar-refractivity contribution in [3.8, 4) is 0 Å². The molecule has 0 aromatic heterocycles. The second-order valence-electron chi connectivity index (χ2n) is 12.7. The minimum atomic E-state index is -0.471. The van der Waals surface area contributed by atoms with Crippen LogP contribution in [0.25, 0.3) is 0 Å². The third-order valence-electron chi connectivity index (χ3n) is 9.81. The van der Waals surface area contributed by atoms with Crippen molar-refractivity contribution in [1.82, 2.24) is 19.6 Å². The summed E-state index contributed by atoms with van der Waals surface area (Å²) in [6, 6.07) is 26.4. The van der Waals surface area contributed by atoms with Crippen LogP contribution in [0, 0.1) is 0 Å². The molecule has 0 bridgehead atoms. The topological polar surface area (TPSA) is 87.7 Å². The fourth-order valence-electron chi connectivity index (χ4n) is 7.25. The zero-order valence-electron chi connectivity index (χ0n) is 26.0. The van der Waals surface area contributed by atoms with Gasteiger partial charge in [0.25, 0.3) is 11.8 Å². The number of piperazine rings is 2. The van der Waals surface area contributed by atoms with Crippen molar-refractivity contribution in [2.45, 2.75) is 38.0 Å². The lowest BCUT2D eigenvalue weighted by Crippen LogP contribution is -2.52. The highest BCUT2D eigenvalue weighted by Gasteiger charge is 2.45. The van der Waals surface area contributed by atoms with Crippen molar-refractivity contribution in [2.75, 3.05) is 62.2 Å². The van der Waals surface area contributed by atoms with Gasteiger partial charge in [0, 0.05) is 65.4 Å². The van der Waals surface area contributed by atoms with E-state index < -0.39 is 12.1 Å². The van der Waals surface area contributed by atoms with Crippen molar-refractivity contribution in [3.05, 3.63) is 96.1 Å². The number of hydrogen-bond donors (Lipinski definition) is 0. The molecule has 4 heterocycles. The molecule has 4 aliphatic heterocycles. The Morgan fingerprint density at radius 1 is 0.457 bits per heavy atom. The Hall–Kier alpha value is -4.22. The van der Waals surface area contributed by atoms with Crippen molar-refractivity contribution in [3.63, 3.8) is 0 Å². The van der Waals surface area contributed by atoms with E-state index in [0.29, 0.717) is 11.4 Å². The Kier molecular flexibility index (Phi) is 8.77. The van der Waals surface area contributed by atoms with Crippen molar-refractivity contribution in [1.29, 1.82) is 0 Å². The van der Waals surface area contributed by atoms with Gasteiger partial charge in [0.1, 0.15) is 0 Å². The molecule has 3 aromatic rings. The Morgan fingerprint density at radius 3 is 1.15 bits per heavy atom. The quantitative estimate of drug-likeness (QED) is 0.356. The van der Waals surface area contributed by atoms with Gasteiger partial charge in [0.05, 0.1) is 36.3 Å². The molecule has 0 radical (unpaired) electrons. The fourth-order valence-corrected chi connectivity index (χ4v) is 7.25. The summed E-state index contributed by atoms with van der Waals surface area (Å²) >= 11 is 0. The smallest absolute Gasteiger partial charge is 0.251 e. The molecule has 0 aliphatic carbocycles. The lowest BCUT2D eigenvalue weighted by Gasteiger charge is -2.37. The number of carbonyl (C=O) groups is 4. The maximum absolute atomic E-state index is 13.5. The summed E-state index contributed by atoms with van der Waals surface area (Å²) in [5.74, 6) is -0.883. The first-order valence-corrected chi connectivity index (χ1v) is 16.3. The molecule has 4 fully saturated rings. The SMILES string of the molecule is O=C1CC(N2CCN(Cc3ccccc3)CC2)C(=O)N1c1ccc(N2C(=O)CC(N3CCN(Cc4ccccc4)CC3)C2=O)cc1. The number of benzene rings is 3. The van der Waals surface area contributed by atoms with Gasteiger partial charge < -0.3 is 0 Å². The van der Waals surface area contributed by atoms with Crippen LogP contribution in [0.4, 0.5) is 11.4 Å². The summed E-state index contributed by atoms with van der Waals surface area (Å²) in [5.41, 5.74) is 3.47. The van der Waals surface area contributed by atoms with Crippen LogP contribution in [0.2, 0.25) is 0 Å². The van der Waals surface area contributed by atoms with E-state index in [2.05, 4.69) is 43.9 Å². The van der Waals surface area contributed by atoms with Crippen LogP contribution < -0.4 is 9.80 Å². The first kappa shape index (κ1) is 30.4. The lowest BCUT2D eigenvalue weighted by molar-refractivity contribution is -0.124. The number of anilines is 2. The predicted molar refractivity (Wildman–Crippen MR) is 175 cm³/mol. The van der Waals surface area contributed by atoms with E-state index in [9.17, 15) is 19.2 Å². The third kappa shape index (κ3) is 6.26. The third-order valence-corrected chi connectivity index (χ3v) is 9.81. The van der Waals surface area contributed by atoms with Gasteiger partial charge in [0.2, 0.25) is 11.8 Å². The molecule has 0 N–H and O–H groups in total.